The molecule has 2 heterocycles. The van der Waals surface area contributed by atoms with Crippen LogP contribution in [-0.4, -0.2) is 45.4 Å². The van der Waals surface area contributed by atoms with E-state index in [-0.39, 0.29) is 12.0 Å². The Labute approximate surface area is 139 Å². The van der Waals surface area contributed by atoms with Crippen LogP contribution >= 0.6 is 11.3 Å². The molecular formula is C15H21N5O2S. The minimum atomic E-state index is -0.0422. The van der Waals surface area contributed by atoms with Gasteiger partial charge in [0.15, 0.2) is 0 Å². The molecule has 1 amide bonds. The predicted molar refractivity (Wildman–Crippen MR) is 87.1 cm³/mol. The van der Waals surface area contributed by atoms with Gasteiger partial charge in [0.1, 0.15) is 11.3 Å². The van der Waals surface area contributed by atoms with Crippen molar-refractivity contribution in [3.63, 3.8) is 0 Å². The Morgan fingerprint density at radius 3 is 3.09 bits per heavy atom. The fourth-order valence-corrected chi connectivity index (χ4v) is 4.02. The van der Waals surface area contributed by atoms with Gasteiger partial charge in [-0.2, -0.15) is 4.68 Å². The fraction of sp³-hybridized carbons (Fsp3) is 0.600. The lowest BCUT2D eigenvalue weighted by molar-refractivity contribution is 0.0757. The Morgan fingerprint density at radius 1 is 1.48 bits per heavy atom. The number of nitrogens with one attached hydrogen (secondary N) is 1. The van der Waals surface area contributed by atoms with Gasteiger partial charge in [-0.3, -0.25) is 4.79 Å². The Bertz CT molecular complexity index is 666. The fourth-order valence-electron chi connectivity index (χ4n) is 2.72. The molecule has 0 radical (unpaired) electrons. The minimum absolute atomic E-state index is 0.0422. The van der Waals surface area contributed by atoms with Crippen molar-refractivity contribution in [2.24, 2.45) is 0 Å². The van der Waals surface area contributed by atoms with Crippen LogP contribution in [0.25, 0.3) is 5.00 Å². The maximum Gasteiger partial charge on any atom is 0.254 e. The molecule has 0 bridgehead atoms. The van der Waals surface area contributed by atoms with Crippen LogP contribution in [0.1, 0.15) is 47.5 Å². The van der Waals surface area contributed by atoms with Gasteiger partial charge in [0.05, 0.1) is 11.7 Å². The Balaban J connectivity index is 1.70. The number of hydrogen-bond acceptors (Lipinski definition) is 6. The van der Waals surface area contributed by atoms with Crippen molar-refractivity contribution in [3.8, 4) is 5.00 Å². The highest BCUT2D eigenvalue weighted by molar-refractivity contribution is 7.15. The van der Waals surface area contributed by atoms with Crippen LogP contribution in [0.5, 0.6) is 0 Å². The predicted octanol–water partition coefficient (Wildman–Crippen LogP) is 1.76. The van der Waals surface area contributed by atoms with Gasteiger partial charge in [0, 0.05) is 18.0 Å². The van der Waals surface area contributed by atoms with Crippen LogP contribution in [0.15, 0.2) is 6.33 Å². The van der Waals surface area contributed by atoms with Gasteiger partial charge >= 0.3 is 0 Å². The van der Waals surface area contributed by atoms with E-state index < -0.39 is 0 Å². The topological polar surface area (TPSA) is 81.9 Å². The van der Waals surface area contributed by atoms with Gasteiger partial charge in [0.25, 0.3) is 5.91 Å². The number of tetrazole rings is 1. The molecule has 0 spiro atoms. The van der Waals surface area contributed by atoms with E-state index in [2.05, 4.69) is 20.8 Å². The summed E-state index contributed by atoms with van der Waals surface area (Å²) in [5, 5.41) is 15.1. The van der Waals surface area contributed by atoms with Crippen molar-refractivity contribution in [1.82, 2.24) is 25.5 Å². The summed E-state index contributed by atoms with van der Waals surface area (Å²) in [7, 11) is 0. The number of rotatable bonds is 7. The molecular weight excluding hydrogens is 314 g/mol. The second kappa shape index (κ2) is 7.18. The van der Waals surface area contributed by atoms with E-state index in [0.29, 0.717) is 13.2 Å². The quantitative estimate of drug-likeness (QED) is 0.780. The number of carbonyl (C=O) groups is 1. The Morgan fingerprint density at radius 2 is 2.35 bits per heavy atom. The van der Waals surface area contributed by atoms with Gasteiger partial charge in [-0.25, -0.2) is 0 Å². The molecule has 23 heavy (non-hydrogen) atoms. The van der Waals surface area contributed by atoms with Crippen LogP contribution in [0, 0.1) is 0 Å². The highest BCUT2D eigenvalue weighted by Gasteiger charge is 2.27. The summed E-state index contributed by atoms with van der Waals surface area (Å²) >= 11 is 1.62. The van der Waals surface area contributed by atoms with Gasteiger partial charge in [-0.05, 0) is 55.5 Å². The molecule has 0 saturated carbocycles. The lowest BCUT2D eigenvalue weighted by Gasteiger charge is -2.09. The zero-order valence-electron chi connectivity index (χ0n) is 13.4. The SMILES string of the molecule is CC(C)OCCCNC(=O)c1c(-n2cnnn2)sc2c1CCC2. The van der Waals surface area contributed by atoms with Gasteiger partial charge in [-0.1, -0.05) is 0 Å². The zero-order valence-corrected chi connectivity index (χ0v) is 14.2. The third-order valence-corrected chi connectivity index (χ3v) is 5.03. The average molecular weight is 335 g/mol. The average Bonchev–Trinajstić information content (AvgIpc) is 3.21. The molecule has 0 saturated heterocycles. The van der Waals surface area contributed by atoms with E-state index in [0.717, 1.165) is 41.8 Å². The number of ether oxygens (including phenoxy) is 1. The zero-order chi connectivity index (χ0) is 16.2. The highest BCUT2D eigenvalue weighted by atomic mass is 32.1. The van der Waals surface area contributed by atoms with Crippen molar-refractivity contribution in [2.45, 2.75) is 45.6 Å². The lowest BCUT2D eigenvalue weighted by Crippen LogP contribution is -2.27. The summed E-state index contributed by atoms with van der Waals surface area (Å²) in [6.45, 7) is 5.27. The summed E-state index contributed by atoms with van der Waals surface area (Å²) in [5.74, 6) is -0.0422. The number of thiophene rings is 1. The lowest BCUT2D eigenvalue weighted by atomic mass is 10.1. The maximum absolute atomic E-state index is 12.7. The number of hydrogen-bond donors (Lipinski definition) is 1. The Kier molecular flexibility index (Phi) is 5.02. The molecule has 3 rings (SSSR count). The van der Waals surface area contributed by atoms with Crippen molar-refractivity contribution in [2.75, 3.05) is 13.2 Å². The van der Waals surface area contributed by atoms with Crippen molar-refractivity contribution < 1.29 is 9.53 Å². The first-order valence-corrected chi connectivity index (χ1v) is 8.76. The van der Waals surface area contributed by atoms with E-state index in [9.17, 15) is 4.79 Å². The van der Waals surface area contributed by atoms with Crippen LogP contribution in [0.4, 0.5) is 0 Å². The minimum Gasteiger partial charge on any atom is -0.379 e. The third-order valence-electron chi connectivity index (χ3n) is 3.74. The molecule has 0 aromatic carbocycles. The molecule has 0 unspecified atom stereocenters. The first-order chi connectivity index (χ1) is 11.2. The summed E-state index contributed by atoms with van der Waals surface area (Å²) in [6.07, 6.45) is 5.65. The maximum atomic E-state index is 12.7. The summed E-state index contributed by atoms with van der Waals surface area (Å²) in [6, 6.07) is 0. The molecule has 1 aliphatic rings. The molecule has 8 heteroatoms. The van der Waals surface area contributed by atoms with Crippen LogP contribution in [0.2, 0.25) is 0 Å². The van der Waals surface area contributed by atoms with E-state index >= 15 is 0 Å². The normalized spacial score (nSPS) is 13.5. The van der Waals surface area contributed by atoms with Crippen molar-refractivity contribution in [1.29, 1.82) is 0 Å². The molecule has 124 valence electrons. The second-order valence-electron chi connectivity index (χ2n) is 5.82. The molecule has 0 atom stereocenters. The monoisotopic (exact) mass is 335 g/mol. The smallest absolute Gasteiger partial charge is 0.254 e. The summed E-state index contributed by atoms with van der Waals surface area (Å²) in [4.78, 5) is 13.9. The molecule has 1 aliphatic carbocycles. The first kappa shape index (κ1) is 16.1. The number of aromatic nitrogens is 4. The first-order valence-electron chi connectivity index (χ1n) is 7.94. The standard InChI is InChI=1S/C15H21N5O2S/c1-10(2)22-8-4-7-16-14(21)13-11-5-3-6-12(11)23-15(13)20-9-17-18-19-20/h9-10H,3-8H2,1-2H3,(H,16,21). The third kappa shape index (κ3) is 3.59. The molecule has 2 aromatic rings. The largest absolute Gasteiger partial charge is 0.379 e. The number of aryl methyl sites for hydroxylation is 1. The van der Waals surface area contributed by atoms with Gasteiger partial charge < -0.3 is 10.1 Å². The van der Waals surface area contributed by atoms with Crippen molar-refractivity contribution in [3.05, 3.63) is 22.3 Å². The molecule has 2 aromatic heterocycles. The second-order valence-corrected chi connectivity index (χ2v) is 6.90. The highest BCUT2D eigenvalue weighted by Crippen LogP contribution is 2.37. The molecule has 0 aliphatic heterocycles. The molecule has 0 fully saturated rings. The number of carbonyl (C=O) groups excluding carboxylic acids is 1. The van der Waals surface area contributed by atoms with Crippen molar-refractivity contribution >= 4 is 17.2 Å². The van der Waals surface area contributed by atoms with Crippen LogP contribution in [0.3, 0.4) is 0 Å². The van der Waals surface area contributed by atoms with E-state index in [4.69, 9.17) is 4.74 Å². The van der Waals surface area contributed by atoms with E-state index in [1.54, 1.807) is 16.0 Å². The summed E-state index contributed by atoms with van der Waals surface area (Å²) < 4.78 is 7.07. The van der Waals surface area contributed by atoms with Crippen LogP contribution in [-0.2, 0) is 17.6 Å². The van der Waals surface area contributed by atoms with E-state index in [1.807, 2.05) is 13.8 Å². The van der Waals surface area contributed by atoms with Gasteiger partial charge in [0.2, 0.25) is 0 Å². The number of fused-ring (bicyclic) bond motifs is 1. The Hall–Kier alpha value is -1.80. The van der Waals surface area contributed by atoms with Crippen LogP contribution < -0.4 is 5.32 Å². The summed E-state index contributed by atoms with van der Waals surface area (Å²) in [5.41, 5.74) is 1.90. The van der Waals surface area contributed by atoms with E-state index in [1.165, 1.54) is 11.2 Å². The molecule has 1 N–H and O–H groups in total. The molecule has 7 nitrogen and oxygen atoms in total. The van der Waals surface area contributed by atoms with Gasteiger partial charge in [-0.15, -0.1) is 16.4 Å². The number of amides is 1. The number of nitrogens with zero attached hydrogens (tertiary/aromatic N) is 4.